The van der Waals surface area contributed by atoms with E-state index in [2.05, 4.69) is 10.5 Å². The van der Waals surface area contributed by atoms with Crippen molar-refractivity contribution in [2.45, 2.75) is 47.6 Å². The van der Waals surface area contributed by atoms with E-state index in [-0.39, 0.29) is 11.5 Å². The molecule has 1 aromatic heterocycles. The van der Waals surface area contributed by atoms with Crippen LogP contribution in [0.4, 0.5) is 5.69 Å². The summed E-state index contributed by atoms with van der Waals surface area (Å²) < 4.78 is 10.2. The molecule has 128 valence electrons. The van der Waals surface area contributed by atoms with Crippen molar-refractivity contribution < 1.29 is 18.8 Å². The maximum Gasteiger partial charge on any atom is 0.344 e. The van der Waals surface area contributed by atoms with E-state index in [0.717, 1.165) is 22.4 Å². The quantitative estimate of drug-likeness (QED) is 0.869. The van der Waals surface area contributed by atoms with Crippen LogP contribution < -0.4 is 5.32 Å². The fraction of sp³-hybridized carbons (Fsp3) is 0.389. The molecule has 1 aromatic carbocycles. The van der Waals surface area contributed by atoms with Gasteiger partial charge in [0.05, 0.1) is 5.69 Å². The molecule has 24 heavy (non-hydrogen) atoms. The van der Waals surface area contributed by atoms with Crippen molar-refractivity contribution in [2.24, 2.45) is 0 Å². The Morgan fingerprint density at radius 3 is 2.21 bits per heavy atom. The number of nitrogens with one attached hydrogen (secondary N) is 1. The molecule has 1 amide bonds. The van der Waals surface area contributed by atoms with Gasteiger partial charge in [0.15, 0.2) is 6.10 Å². The van der Waals surface area contributed by atoms with Crippen molar-refractivity contribution in [3.8, 4) is 0 Å². The van der Waals surface area contributed by atoms with Gasteiger partial charge in [-0.1, -0.05) is 22.9 Å². The maximum absolute atomic E-state index is 12.3. The van der Waals surface area contributed by atoms with Crippen molar-refractivity contribution in [3.63, 3.8) is 0 Å². The average Bonchev–Trinajstić information content (AvgIpc) is 2.81. The average molecular weight is 330 g/mol. The molecular formula is C18H22N2O4. The van der Waals surface area contributed by atoms with Gasteiger partial charge >= 0.3 is 5.97 Å². The number of benzene rings is 1. The summed E-state index contributed by atoms with van der Waals surface area (Å²) in [6.45, 7) is 10.7. The monoisotopic (exact) mass is 330 g/mol. The summed E-state index contributed by atoms with van der Waals surface area (Å²) in [6, 6.07) is 3.98. The Morgan fingerprint density at radius 2 is 1.71 bits per heavy atom. The Bertz CT molecular complexity index is 750. The largest absolute Gasteiger partial charge is 0.449 e. The summed E-state index contributed by atoms with van der Waals surface area (Å²) in [6.07, 6.45) is -0.939. The number of hydrogen-bond donors (Lipinski definition) is 1. The van der Waals surface area contributed by atoms with Gasteiger partial charge in [-0.05, 0) is 52.7 Å². The summed E-state index contributed by atoms with van der Waals surface area (Å²) in [5.74, 6) is -0.633. The van der Waals surface area contributed by atoms with Crippen molar-refractivity contribution in [3.05, 3.63) is 45.8 Å². The van der Waals surface area contributed by atoms with Crippen molar-refractivity contribution in [1.82, 2.24) is 5.16 Å². The van der Waals surface area contributed by atoms with Crippen LogP contribution in [0.1, 0.15) is 45.4 Å². The van der Waals surface area contributed by atoms with Gasteiger partial charge in [-0.25, -0.2) is 4.79 Å². The number of aryl methyl sites for hydroxylation is 5. The third-order valence-corrected chi connectivity index (χ3v) is 3.82. The fourth-order valence-electron chi connectivity index (χ4n) is 2.65. The molecule has 6 nitrogen and oxygen atoms in total. The molecule has 0 spiro atoms. The Hall–Kier alpha value is -2.63. The fourth-order valence-corrected chi connectivity index (χ4v) is 2.65. The third-order valence-electron chi connectivity index (χ3n) is 3.82. The van der Waals surface area contributed by atoms with E-state index < -0.39 is 12.1 Å². The van der Waals surface area contributed by atoms with Crippen LogP contribution in [-0.2, 0) is 9.53 Å². The number of carbonyl (C=O) groups excluding carboxylic acids is 2. The van der Waals surface area contributed by atoms with Gasteiger partial charge < -0.3 is 14.6 Å². The van der Waals surface area contributed by atoms with Crippen LogP contribution in [0.2, 0.25) is 0 Å². The highest BCUT2D eigenvalue weighted by molar-refractivity contribution is 5.98. The second-order valence-electron chi connectivity index (χ2n) is 6.01. The molecule has 0 aliphatic heterocycles. The minimum atomic E-state index is -0.939. The SMILES string of the molecule is Cc1cc(C)c(NC(=O)[C@H](C)OC(=O)c2c(C)noc2C)c(C)c1. The van der Waals surface area contributed by atoms with E-state index in [1.54, 1.807) is 13.8 Å². The van der Waals surface area contributed by atoms with Crippen molar-refractivity contribution >= 4 is 17.6 Å². The highest BCUT2D eigenvalue weighted by Gasteiger charge is 2.24. The first-order chi connectivity index (χ1) is 11.2. The van der Waals surface area contributed by atoms with Crippen LogP contribution in [0.15, 0.2) is 16.7 Å². The lowest BCUT2D eigenvalue weighted by atomic mass is 10.0. The van der Waals surface area contributed by atoms with Gasteiger partial charge in [0.25, 0.3) is 5.91 Å². The van der Waals surface area contributed by atoms with Gasteiger partial charge in [-0.15, -0.1) is 0 Å². The van der Waals surface area contributed by atoms with E-state index >= 15 is 0 Å². The first-order valence-corrected chi connectivity index (χ1v) is 7.73. The highest BCUT2D eigenvalue weighted by atomic mass is 16.5. The standard InChI is InChI=1S/C18H22N2O4/c1-9-7-10(2)16(11(3)8-9)19-17(21)14(6)23-18(22)15-12(4)20-24-13(15)5/h7-8,14H,1-6H3,(H,19,21)/t14-/m0/s1. The predicted octanol–water partition coefficient (Wildman–Crippen LogP) is 3.40. The summed E-state index contributed by atoms with van der Waals surface area (Å²) in [5, 5.41) is 6.54. The van der Waals surface area contributed by atoms with Gasteiger partial charge in [-0.3, -0.25) is 4.79 Å². The number of nitrogens with zero attached hydrogens (tertiary/aromatic N) is 1. The number of hydrogen-bond acceptors (Lipinski definition) is 5. The Labute approximate surface area is 141 Å². The second kappa shape index (κ2) is 6.86. The van der Waals surface area contributed by atoms with Gasteiger partial charge in [0.2, 0.25) is 0 Å². The normalized spacial score (nSPS) is 11.9. The summed E-state index contributed by atoms with van der Waals surface area (Å²) in [7, 11) is 0. The van der Waals surface area contributed by atoms with Crippen LogP contribution in [0.3, 0.4) is 0 Å². The molecule has 1 atom stereocenters. The van der Waals surface area contributed by atoms with E-state index in [0.29, 0.717) is 11.5 Å². The number of rotatable bonds is 4. The topological polar surface area (TPSA) is 81.4 Å². The minimum Gasteiger partial charge on any atom is -0.449 e. The Kier molecular flexibility index (Phi) is 5.07. The molecule has 0 radical (unpaired) electrons. The van der Waals surface area contributed by atoms with E-state index in [9.17, 15) is 9.59 Å². The first-order valence-electron chi connectivity index (χ1n) is 7.73. The Morgan fingerprint density at radius 1 is 1.12 bits per heavy atom. The lowest BCUT2D eigenvalue weighted by molar-refractivity contribution is -0.123. The third kappa shape index (κ3) is 3.64. The smallest absolute Gasteiger partial charge is 0.344 e. The molecule has 1 N–H and O–H groups in total. The second-order valence-corrected chi connectivity index (χ2v) is 6.01. The van der Waals surface area contributed by atoms with Crippen LogP contribution in [0.25, 0.3) is 0 Å². The molecule has 0 saturated heterocycles. The van der Waals surface area contributed by atoms with E-state index in [1.807, 2.05) is 32.9 Å². The molecule has 1 heterocycles. The van der Waals surface area contributed by atoms with Crippen LogP contribution >= 0.6 is 0 Å². The van der Waals surface area contributed by atoms with Crippen molar-refractivity contribution in [2.75, 3.05) is 5.32 Å². The molecule has 0 aliphatic rings. The zero-order chi connectivity index (χ0) is 18.0. The molecule has 2 aromatic rings. The lowest BCUT2D eigenvalue weighted by Crippen LogP contribution is -2.30. The molecule has 0 unspecified atom stereocenters. The van der Waals surface area contributed by atoms with Gasteiger partial charge in [0, 0.05) is 5.69 Å². The molecule has 0 aliphatic carbocycles. The molecule has 0 saturated carbocycles. The molecular weight excluding hydrogens is 308 g/mol. The van der Waals surface area contributed by atoms with E-state index in [4.69, 9.17) is 9.26 Å². The summed E-state index contributed by atoms with van der Waals surface area (Å²) in [5.41, 5.74) is 4.49. The van der Waals surface area contributed by atoms with Gasteiger partial charge in [-0.2, -0.15) is 0 Å². The number of carbonyl (C=O) groups is 2. The molecule has 0 bridgehead atoms. The Balaban J connectivity index is 2.09. The molecule has 6 heteroatoms. The van der Waals surface area contributed by atoms with Gasteiger partial charge in [0.1, 0.15) is 11.3 Å². The van der Waals surface area contributed by atoms with Crippen LogP contribution in [0.5, 0.6) is 0 Å². The number of aromatic nitrogens is 1. The van der Waals surface area contributed by atoms with E-state index in [1.165, 1.54) is 6.92 Å². The minimum absolute atomic E-state index is 0.261. The van der Waals surface area contributed by atoms with Crippen molar-refractivity contribution in [1.29, 1.82) is 0 Å². The number of ether oxygens (including phenoxy) is 1. The number of anilines is 1. The summed E-state index contributed by atoms with van der Waals surface area (Å²) in [4.78, 5) is 24.5. The number of amides is 1. The molecule has 0 fully saturated rings. The first kappa shape index (κ1) is 17.7. The number of esters is 1. The summed E-state index contributed by atoms with van der Waals surface area (Å²) >= 11 is 0. The zero-order valence-electron chi connectivity index (χ0n) is 14.8. The zero-order valence-corrected chi connectivity index (χ0v) is 14.8. The molecule has 2 rings (SSSR count). The lowest BCUT2D eigenvalue weighted by Gasteiger charge is -2.16. The highest BCUT2D eigenvalue weighted by Crippen LogP contribution is 2.22. The van der Waals surface area contributed by atoms with Crippen LogP contribution in [0, 0.1) is 34.6 Å². The predicted molar refractivity (Wildman–Crippen MR) is 90.1 cm³/mol. The maximum atomic E-state index is 12.3. The van der Waals surface area contributed by atoms with Crippen LogP contribution in [-0.4, -0.2) is 23.1 Å².